The van der Waals surface area contributed by atoms with Gasteiger partial charge in [0.15, 0.2) is 0 Å². The number of nitrogens with zero attached hydrogens (tertiary/aromatic N) is 3. The van der Waals surface area contributed by atoms with Gasteiger partial charge in [-0.1, -0.05) is 44.0 Å². The molecule has 0 radical (unpaired) electrons. The number of halogens is 2. The predicted octanol–water partition coefficient (Wildman–Crippen LogP) is 5.31. The summed E-state index contributed by atoms with van der Waals surface area (Å²) < 4.78 is 7.51. The van der Waals surface area contributed by atoms with Crippen LogP contribution in [-0.2, 0) is 12.1 Å². The van der Waals surface area contributed by atoms with Gasteiger partial charge in [-0.2, -0.15) is 5.10 Å². The van der Waals surface area contributed by atoms with Gasteiger partial charge in [-0.05, 0) is 53.4 Å². The molecule has 0 saturated heterocycles. The summed E-state index contributed by atoms with van der Waals surface area (Å²) in [5.74, 6) is 1.16. The first kappa shape index (κ1) is 19.7. The summed E-state index contributed by atoms with van der Waals surface area (Å²) in [4.78, 5) is 3.96. The Labute approximate surface area is 168 Å². The normalized spacial score (nSPS) is 14.0. The van der Waals surface area contributed by atoms with Crippen LogP contribution in [0, 0.1) is 5.41 Å². The van der Waals surface area contributed by atoms with E-state index < -0.39 is 11.0 Å². The maximum Gasteiger partial charge on any atom is 0.137 e. The van der Waals surface area contributed by atoms with Crippen molar-refractivity contribution in [1.29, 1.82) is 0 Å². The Bertz CT molecular complexity index is 906. The summed E-state index contributed by atoms with van der Waals surface area (Å²) in [6.45, 7) is 6.12. The van der Waals surface area contributed by atoms with Crippen LogP contribution in [0.1, 0.15) is 26.3 Å². The van der Waals surface area contributed by atoms with Gasteiger partial charge in [0.25, 0.3) is 0 Å². The second kappa shape index (κ2) is 7.50. The zero-order chi connectivity index (χ0) is 19.7. The lowest BCUT2D eigenvalue weighted by Gasteiger charge is -2.40. The van der Waals surface area contributed by atoms with Crippen molar-refractivity contribution in [3.8, 4) is 11.5 Å². The molecule has 0 spiro atoms. The Hall–Kier alpha value is -2.08. The highest BCUT2D eigenvalue weighted by Crippen LogP contribution is 2.43. The molecule has 3 aromatic rings. The molecule has 0 amide bonds. The van der Waals surface area contributed by atoms with Crippen molar-refractivity contribution in [3.05, 3.63) is 70.7 Å². The van der Waals surface area contributed by atoms with Crippen LogP contribution in [-0.4, -0.2) is 19.9 Å². The van der Waals surface area contributed by atoms with Crippen LogP contribution in [0.15, 0.2) is 55.1 Å². The van der Waals surface area contributed by atoms with Crippen molar-refractivity contribution in [2.45, 2.75) is 32.9 Å². The smallest absolute Gasteiger partial charge is 0.137 e. The van der Waals surface area contributed by atoms with Gasteiger partial charge >= 0.3 is 0 Å². The first-order chi connectivity index (χ1) is 12.7. The lowest BCUT2D eigenvalue weighted by Crippen LogP contribution is -2.44. The molecule has 5 nitrogen and oxygen atoms in total. The van der Waals surface area contributed by atoms with E-state index in [0.717, 1.165) is 0 Å². The Morgan fingerprint density at radius 3 is 2.30 bits per heavy atom. The van der Waals surface area contributed by atoms with Gasteiger partial charge in [0.2, 0.25) is 0 Å². The van der Waals surface area contributed by atoms with Crippen LogP contribution < -0.4 is 4.74 Å². The molecule has 0 aliphatic rings. The van der Waals surface area contributed by atoms with E-state index in [2.05, 4.69) is 10.1 Å². The number of hydrogen-bond acceptors (Lipinski definition) is 4. The Morgan fingerprint density at radius 1 is 1.00 bits per heavy atom. The van der Waals surface area contributed by atoms with Gasteiger partial charge in [0.05, 0.1) is 6.54 Å². The van der Waals surface area contributed by atoms with E-state index in [4.69, 9.17) is 27.9 Å². The van der Waals surface area contributed by atoms with Gasteiger partial charge < -0.3 is 9.84 Å². The molecule has 7 heteroatoms. The number of rotatable bonds is 5. The third kappa shape index (κ3) is 4.43. The predicted molar refractivity (Wildman–Crippen MR) is 106 cm³/mol. The number of ether oxygens (including phenoxy) is 1. The van der Waals surface area contributed by atoms with Crippen LogP contribution in [0.2, 0.25) is 10.0 Å². The van der Waals surface area contributed by atoms with E-state index >= 15 is 0 Å². The largest absolute Gasteiger partial charge is 0.457 e. The van der Waals surface area contributed by atoms with E-state index in [1.807, 2.05) is 20.8 Å². The highest BCUT2D eigenvalue weighted by Gasteiger charge is 2.43. The molecular formula is C20H21Cl2N3O2. The van der Waals surface area contributed by atoms with Crippen molar-refractivity contribution in [3.63, 3.8) is 0 Å². The zero-order valence-corrected chi connectivity index (χ0v) is 16.9. The molecule has 0 saturated carbocycles. The second-order valence-corrected chi connectivity index (χ2v) is 8.31. The van der Waals surface area contributed by atoms with Crippen LogP contribution in [0.25, 0.3) is 0 Å². The highest BCUT2D eigenvalue weighted by molar-refractivity contribution is 6.31. The standard InChI is InChI=1S/C20H21Cl2N3O2/c1-19(2,3)20(26,11-25-13-23-12-24-25)14-8-16(22)10-18(9-14)27-17-6-4-15(21)5-7-17/h4-10,12-13,26H,11H2,1-3H3. The van der Waals surface area contributed by atoms with E-state index in [-0.39, 0.29) is 6.54 Å². The number of aliphatic hydroxyl groups is 1. The molecule has 1 heterocycles. The molecule has 2 aromatic carbocycles. The maximum atomic E-state index is 11.6. The first-order valence-electron chi connectivity index (χ1n) is 8.47. The molecular weight excluding hydrogens is 385 g/mol. The third-order valence-corrected chi connectivity index (χ3v) is 4.97. The Balaban J connectivity index is 1.99. The van der Waals surface area contributed by atoms with Gasteiger partial charge in [-0.3, -0.25) is 0 Å². The third-order valence-electron chi connectivity index (χ3n) is 4.50. The molecule has 0 aliphatic heterocycles. The summed E-state index contributed by atoms with van der Waals surface area (Å²) >= 11 is 12.3. The first-order valence-corrected chi connectivity index (χ1v) is 9.22. The van der Waals surface area contributed by atoms with Gasteiger partial charge in [-0.15, -0.1) is 0 Å². The highest BCUT2D eigenvalue weighted by atomic mass is 35.5. The minimum atomic E-state index is -1.25. The van der Waals surface area contributed by atoms with Gasteiger partial charge in [0.1, 0.15) is 29.8 Å². The van der Waals surface area contributed by atoms with Crippen LogP contribution >= 0.6 is 23.2 Å². The lowest BCUT2D eigenvalue weighted by molar-refractivity contribution is -0.0805. The second-order valence-electron chi connectivity index (χ2n) is 7.43. The molecule has 27 heavy (non-hydrogen) atoms. The molecule has 1 N–H and O–H groups in total. The Kier molecular flexibility index (Phi) is 5.47. The molecule has 3 rings (SSSR count). The van der Waals surface area contributed by atoms with E-state index in [9.17, 15) is 5.11 Å². The summed E-state index contributed by atoms with van der Waals surface area (Å²) in [7, 11) is 0. The number of aromatic nitrogens is 3. The summed E-state index contributed by atoms with van der Waals surface area (Å²) in [5.41, 5.74) is -1.10. The van der Waals surface area contributed by atoms with Crippen molar-refractivity contribution in [2.24, 2.45) is 5.41 Å². The van der Waals surface area contributed by atoms with Gasteiger partial charge in [-0.25, -0.2) is 9.67 Å². The quantitative estimate of drug-likeness (QED) is 0.624. The van der Waals surface area contributed by atoms with E-state index in [1.54, 1.807) is 53.5 Å². The van der Waals surface area contributed by atoms with E-state index in [0.29, 0.717) is 27.1 Å². The molecule has 0 bridgehead atoms. The molecule has 1 unspecified atom stereocenters. The summed E-state index contributed by atoms with van der Waals surface area (Å²) in [5, 5.41) is 16.9. The molecule has 142 valence electrons. The Morgan fingerprint density at radius 2 is 1.70 bits per heavy atom. The molecule has 0 fully saturated rings. The average Bonchev–Trinajstić information content (AvgIpc) is 3.08. The monoisotopic (exact) mass is 405 g/mol. The SMILES string of the molecule is CC(C)(C)C(O)(Cn1cncn1)c1cc(Cl)cc(Oc2ccc(Cl)cc2)c1. The van der Waals surface area contributed by atoms with Gasteiger partial charge in [0, 0.05) is 10.0 Å². The fraction of sp³-hybridized carbons (Fsp3) is 0.300. The summed E-state index contributed by atoms with van der Waals surface area (Å²) in [6.07, 6.45) is 3.02. The lowest BCUT2D eigenvalue weighted by atomic mass is 9.72. The minimum absolute atomic E-state index is 0.233. The fourth-order valence-electron chi connectivity index (χ4n) is 2.81. The average molecular weight is 406 g/mol. The maximum absolute atomic E-state index is 11.6. The van der Waals surface area contributed by atoms with Crippen LogP contribution in [0.3, 0.4) is 0 Å². The van der Waals surface area contributed by atoms with E-state index in [1.165, 1.54) is 6.33 Å². The van der Waals surface area contributed by atoms with Crippen molar-refractivity contribution >= 4 is 23.2 Å². The molecule has 1 atom stereocenters. The zero-order valence-electron chi connectivity index (χ0n) is 15.4. The topological polar surface area (TPSA) is 60.2 Å². The minimum Gasteiger partial charge on any atom is -0.457 e. The molecule has 1 aromatic heterocycles. The fourth-order valence-corrected chi connectivity index (χ4v) is 3.16. The number of hydrogen-bond donors (Lipinski definition) is 1. The van der Waals surface area contributed by atoms with Crippen molar-refractivity contribution in [2.75, 3.05) is 0 Å². The number of benzene rings is 2. The summed E-state index contributed by atoms with van der Waals surface area (Å²) in [6, 6.07) is 12.3. The van der Waals surface area contributed by atoms with Crippen molar-refractivity contribution in [1.82, 2.24) is 14.8 Å². The molecule has 0 aliphatic carbocycles. The van der Waals surface area contributed by atoms with Crippen LogP contribution in [0.5, 0.6) is 11.5 Å². The van der Waals surface area contributed by atoms with Crippen molar-refractivity contribution < 1.29 is 9.84 Å². The van der Waals surface area contributed by atoms with Crippen LogP contribution in [0.4, 0.5) is 0 Å².